The molecule has 0 bridgehead atoms. The maximum Gasteiger partial charge on any atom is 0.389 e. The minimum absolute atomic E-state index is 0.346. The lowest BCUT2D eigenvalue weighted by Crippen LogP contribution is -2.12. The zero-order chi connectivity index (χ0) is 12.2. The molecule has 1 rings (SSSR count). The average molecular weight is 294 g/mol. The molecule has 0 fully saturated rings. The van der Waals surface area contributed by atoms with Gasteiger partial charge < -0.3 is 0 Å². The Labute approximate surface area is 98.0 Å². The topological polar surface area (TPSA) is 48.8 Å². The number of hydrogen-bond donors (Lipinski definition) is 0. The molecular formula is C9H7BrF3N3. The smallest absolute Gasteiger partial charge is 0.171 e. The molecule has 0 spiro atoms. The van der Waals surface area contributed by atoms with Crippen molar-refractivity contribution in [2.75, 3.05) is 0 Å². The van der Waals surface area contributed by atoms with Crippen LogP contribution in [0.1, 0.15) is 18.0 Å². The second kappa shape index (κ2) is 5.23. The summed E-state index contributed by atoms with van der Waals surface area (Å²) in [4.78, 5) is 2.43. The number of rotatable bonds is 3. The summed E-state index contributed by atoms with van der Waals surface area (Å²) in [5, 5.41) is 3.15. The molecule has 1 atom stereocenters. The largest absolute Gasteiger partial charge is 0.389 e. The van der Waals surface area contributed by atoms with Gasteiger partial charge in [0.1, 0.15) is 0 Å². The van der Waals surface area contributed by atoms with E-state index in [0.29, 0.717) is 5.56 Å². The van der Waals surface area contributed by atoms with Crippen molar-refractivity contribution in [3.8, 4) is 0 Å². The van der Waals surface area contributed by atoms with Crippen molar-refractivity contribution in [2.24, 2.45) is 5.11 Å². The molecule has 1 unspecified atom stereocenters. The molecule has 0 saturated heterocycles. The van der Waals surface area contributed by atoms with Crippen LogP contribution in [0.2, 0.25) is 0 Å². The maximum atomic E-state index is 12.2. The molecule has 0 radical (unpaired) electrons. The van der Waals surface area contributed by atoms with Crippen molar-refractivity contribution >= 4 is 15.9 Å². The average Bonchev–Trinajstić information content (AvgIpc) is 2.16. The summed E-state index contributed by atoms with van der Waals surface area (Å²) in [6, 6.07) is 4.99. The first-order valence-corrected chi connectivity index (χ1v) is 5.08. The Morgan fingerprint density at radius 2 is 1.88 bits per heavy atom. The molecule has 0 aliphatic rings. The van der Waals surface area contributed by atoms with Gasteiger partial charge in [0.25, 0.3) is 0 Å². The van der Waals surface area contributed by atoms with Gasteiger partial charge in [-0.25, -0.2) is 0 Å². The molecule has 0 aliphatic carbocycles. The van der Waals surface area contributed by atoms with E-state index in [2.05, 4.69) is 26.0 Å². The van der Waals surface area contributed by atoms with Crippen LogP contribution >= 0.6 is 15.9 Å². The van der Waals surface area contributed by atoms with Gasteiger partial charge in [-0.05, 0) is 23.2 Å². The van der Waals surface area contributed by atoms with Gasteiger partial charge in [-0.2, -0.15) is 13.2 Å². The molecule has 0 N–H and O–H groups in total. The van der Waals surface area contributed by atoms with Gasteiger partial charge in [-0.1, -0.05) is 33.2 Å². The van der Waals surface area contributed by atoms with Gasteiger partial charge in [-0.15, -0.1) is 0 Å². The zero-order valence-corrected chi connectivity index (χ0v) is 9.53. The van der Waals surface area contributed by atoms with Crippen molar-refractivity contribution in [2.45, 2.75) is 18.6 Å². The lowest BCUT2D eigenvalue weighted by molar-refractivity contribution is -0.138. The molecule has 86 valence electrons. The number of hydrogen-bond acceptors (Lipinski definition) is 1. The first kappa shape index (κ1) is 12.9. The first-order chi connectivity index (χ1) is 7.42. The molecule has 7 heteroatoms. The van der Waals surface area contributed by atoms with Crippen molar-refractivity contribution < 1.29 is 13.2 Å². The standard InChI is InChI=1S/C9H7BrF3N3/c10-7-3-1-6(2-4-7)8(15-16-14)5-9(11,12)13/h1-4,8H,5H2. The van der Waals surface area contributed by atoms with E-state index in [1.54, 1.807) is 12.1 Å². The lowest BCUT2D eigenvalue weighted by Gasteiger charge is -2.13. The highest BCUT2D eigenvalue weighted by Gasteiger charge is 2.32. The summed E-state index contributed by atoms with van der Waals surface area (Å²) in [5.41, 5.74) is 8.58. The molecule has 0 saturated carbocycles. The quantitative estimate of drug-likeness (QED) is 0.438. The maximum absolute atomic E-state index is 12.2. The van der Waals surface area contributed by atoms with Crippen LogP contribution in [0, 0.1) is 0 Å². The summed E-state index contributed by atoms with van der Waals surface area (Å²) in [7, 11) is 0. The summed E-state index contributed by atoms with van der Waals surface area (Å²) in [6.07, 6.45) is -5.51. The van der Waals surface area contributed by atoms with Gasteiger partial charge >= 0.3 is 6.18 Å². The summed E-state index contributed by atoms with van der Waals surface area (Å²) < 4.78 is 37.4. The third-order valence-corrected chi connectivity index (χ3v) is 2.40. The van der Waals surface area contributed by atoms with Gasteiger partial charge in [0, 0.05) is 9.38 Å². The Bertz CT molecular complexity index is 395. The fourth-order valence-corrected chi connectivity index (χ4v) is 1.46. The van der Waals surface area contributed by atoms with Gasteiger partial charge in [-0.3, -0.25) is 0 Å². The van der Waals surface area contributed by atoms with Crippen LogP contribution in [0.15, 0.2) is 33.9 Å². The van der Waals surface area contributed by atoms with Crippen molar-refractivity contribution in [1.82, 2.24) is 0 Å². The Kier molecular flexibility index (Phi) is 4.20. The van der Waals surface area contributed by atoms with E-state index in [1.807, 2.05) is 0 Å². The molecule has 1 aromatic carbocycles. The molecule has 0 aliphatic heterocycles. The van der Waals surface area contributed by atoms with E-state index >= 15 is 0 Å². The highest BCUT2D eigenvalue weighted by atomic mass is 79.9. The van der Waals surface area contributed by atoms with Crippen molar-refractivity contribution in [3.63, 3.8) is 0 Å². The van der Waals surface area contributed by atoms with Gasteiger partial charge in [0.05, 0.1) is 12.5 Å². The van der Waals surface area contributed by atoms with E-state index in [0.717, 1.165) is 4.47 Å². The van der Waals surface area contributed by atoms with Crippen LogP contribution in [0.25, 0.3) is 10.4 Å². The highest BCUT2D eigenvalue weighted by molar-refractivity contribution is 9.10. The number of halogens is 4. The van der Waals surface area contributed by atoms with E-state index in [1.165, 1.54) is 12.1 Å². The second-order valence-electron chi connectivity index (χ2n) is 3.09. The van der Waals surface area contributed by atoms with Crippen LogP contribution in [-0.2, 0) is 0 Å². The zero-order valence-electron chi connectivity index (χ0n) is 7.95. The van der Waals surface area contributed by atoms with Crippen LogP contribution in [0.5, 0.6) is 0 Å². The summed E-state index contributed by atoms with van der Waals surface area (Å²) in [6.45, 7) is 0. The molecular weight excluding hydrogens is 287 g/mol. The monoisotopic (exact) mass is 293 g/mol. The van der Waals surface area contributed by atoms with E-state index in [4.69, 9.17) is 5.53 Å². The third kappa shape index (κ3) is 4.12. The molecule has 16 heavy (non-hydrogen) atoms. The van der Waals surface area contributed by atoms with Crippen LogP contribution in [-0.4, -0.2) is 6.18 Å². The Morgan fingerprint density at radius 1 is 1.31 bits per heavy atom. The van der Waals surface area contributed by atoms with Crippen molar-refractivity contribution in [3.05, 3.63) is 44.7 Å². The fourth-order valence-electron chi connectivity index (χ4n) is 1.19. The minimum atomic E-state index is -4.36. The second-order valence-corrected chi connectivity index (χ2v) is 4.01. The first-order valence-electron chi connectivity index (χ1n) is 4.29. The van der Waals surface area contributed by atoms with Crippen LogP contribution < -0.4 is 0 Å². The van der Waals surface area contributed by atoms with E-state index < -0.39 is 18.6 Å². The van der Waals surface area contributed by atoms with Gasteiger partial charge in [0.15, 0.2) is 0 Å². The fraction of sp³-hybridized carbons (Fsp3) is 0.333. The summed E-state index contributed by atoms with van der Waals surface area (Å²) in [5.74, 6) is 0. The number of alkyl halides is 3. The number of azide groups is 1. The molecule has 0 aromatic heterocycles. The molecule has 0 amide bonds. The molecule has 0 heterocycles. The number of benzene rings is 1. The third-order valence-electron chi connectivity index (χ3n) is 1.87. The Morgan fingerprint density at radius 3 is 2.31 bits per heavy atom. The molecule has 3 nitrogen and oxygen atoms in total. The Balaban J connectivity index is 2.94. The lowest BCUT2D eigenvalue weighted by atomic mass is 10.0. The SMILES string of the molecule is [N-]=[N+]=NC(CC(F)(F)F)c1ccc(Br)cc1. The van der Waals surface area contributed by atoms with Crippen LogP contribution in [0.3, 0.4) is 0 Å². The van der Waals surface area contributed by atoms with Crippen molar-refractivity contribution in [1.29, 1.82) is 0 Å². The van der Waals surface area contributed by atoms with Gasteiger partial charge in [0.2, 0.25) is 0 Å². The highest BCUT2D eigenvalue weighted by Crippen LogP contribution is 2.32. The van der Waals surface area contributed by atoms with E-state index in [-0.39, 0.29) is 0 Å². The van der Waals surface area contributed by atoms with E-state index in [9.17, 15) is 13.2 Å². The summed E-state index contributed by atoms with van der Waals surface area (Å²) >= 11 is 3.17. The predicted octanol–water partition coefficient (Wildman–Crippen LogP) is 4.75. The van der Waals surface area contributed by atoms with Crippen LogP contribution in [0.4, 0.5) is 13.2 Å². The Hall–Kier alpha value is -1.20. The molecule has 1 aromatic rings. The normalized spacial score (nSPS) is 13.0. The number of nitrogens with zero attached hydrogens (tertiary/aromatic N) is 3. The minimum Gasteiger partial charge on any atom is -0.171 e. The predicted molar refractivity (Wildman–Crippen MR) is 56.7 cm³/mol.